The highest BCUT2D eigenvalue weighted by Gasteiger charge is 2.17. The molecule has 2 aromatic carbocycles. The number of carbonyl (C=O) groups is 2. The molecule has 0 aliphatic heterocycles. The Morgan fingerprint density at radius 1 is 1.05 bits per heavy atom. The maximum Gasteiger partial charge on any atom is 0.325 e. The molecular formula is C29H29N7O3. The largest absolute Gasteiger partial charge is 0.460 e. The van der Waals surface area contributed by atoms with Crippen molar-refractivity contribution in [2.24, 2.45) is 0 Å². The van der Waals surface area contributed by atoms with Gasteiger partial charge in [-0.05, 0) is 47.9 Å². The van der Waals surface area contributed by atoms with Crippen LogP contribution in [-0.4, -0.2) is 50.1 Å². The molecule has 0 aliphatic carbocycles. The molecule has 39 heavy (non-hydrogen) atoms. The zero-order valence-corrected chi connectivity index (χ0v) is 21.7. The lowest BCUT2D eigenvalue weighted by atomic mass is 9.98. The minimum absolute atomic E-state index is 0.146. The Morgan fingerprint density at radius 2 is 1.90 bits per heavy atom. The fourth-order valence-electron chi connectivity index (χ4n) is 4.25. The standard InChI is InChI=1S/C29H29N7O3/c1-3-30-12-21-13-31-14-23(18(21)2)20-9-10-24-22(11-20)27(36-35-24)28-32-15-25(34-28)29(38)33-16-26(37)39-17-19-7-5-4-6-8-19/h4-11,13-15,30H,3,12,16-17H2,1-2H3,(H,32,34)(H,33,38)(H,35,36). The van der Waals surface area contributed by atoms with Gasteiger partial charge < -0.3 is 20.4 Å². The molecule has 0 atom stereocenters. The van der Waals surface area contributed by atoms with Crippen molar-refractivity contribution in [3.63, 3.8) is 0 Å². The van der Waals surface area contributed by atoms with E-state index in [-0.39, 0.29) is 18.8 Å². The fourth-order valence-corrected chi connectivity index (χ4v) is 4.25. The van der Waals surface area contributed by atoms with E-state index in [1.54, 1.807) is 0 Å². The summed E-state index contributed by atoms with van der Waals surface area (Å²) in [4.78, 5) is 36.5. The molecule has 4 N–H and O–H groups in total. The second-order valence-corrected chi connectivity index (χ2v) is 9.06. The van der Waals surface area contributed by atoms with Crippen LogP contribution in [0.4, 0.5) is 0 Å². The van der Waals surface area contributed by atoms with Gasteiger partial charge in [-0.1, -0.05) is 43.3 Å². The topological polar surface area (TPSA) is 138 Å². The number of nitrogens with one attached hydrogen (secondary N) is 4. The van der Waals surface area contributed by atoms with Crippen LogP contribution in [0.3, 0.4) is 0 Å². The number of benzene rings is 2. The van der Waals surface area contributed by atoms with E-state index in [2.05, 4.69) is 49.6 Å². The smallest absolute Gasteiger partial charge is 0.325 e. The third-order valence-corrected chi connectivity index (χ3v) is 6.44. The summed E-state index contributed by atoms with van der Waals surface area (Å²) in [6.07, 6.45) is 5.18. The van der Waals surface area contributed by atoms with Gasteiger partial charge in [0.25, 0.3) is 5.91 Å². The zero-order chi connectivity index (χ0) is 27.2. The van der Waals surface area contributed by atoms with Gasteiger partial charge in [0.15, 0.2) is 5.82 Å². The van der Waals surface area contributed by atoms with Gasteiger partial charge in [-0.2, -0.15) is 5.10 Å². The van der Waals surface area contributed by atoms with Crippen LogP contribution < -0.4 is 10.6 Å². The van der Waals surface area contributed by atoms with Gasteiger partial charge in [0.2, 0.25) is 0 Å². The number of rotatable bonds is 10. The quantitative estimate of drug-likeness (QED) is 0.204. The number of hydrogen-bond donors (Lipinski definition) is 4. The molecule has 0 bridgehead atoms. The van der Waals surface area contributed by atoms with E-state index in [1.165, 1.54) is 6.20 Å². The third kappa shape index (κ3) is 5.86. The van der Waals surface area contributed by atoms with Crippen molar-refractivity contribution in [3.8, 4) is 22.6 Å². The number of ether oxygens (including phenoxy) is 1. The Labute approximate surface area is 225 Å². The number of carbonyl (C=O) groups excluding carboxylic acids is 2. The van der Waals surface area contributed by atoms with Gasteiger partial charge in [-0.3, -0.25) is 19.7 Å². The van der Waals surface area contributed by atoms with Crippen molar-refractivity contribution < 1.29 is 14.3 Å². The summed E-state index contributed by atoms with van der Waals surface area (Å²) in [6, 6.07) is 15.4. The van der Waals surface area contributed by atoms with Crippen molar-refractivity contribution in [2.75, 3.05) is 13.1 Å². The highest BCUT2D eigenvalue weighted by Crippen LogP contribution is 2.31. The summed E-state index contributed by atoms with van der Waals surface area (Å²) in [6.45, 7) is 5.70. The first-order chi connectivity index (χ1) is 19.0. The number of aromatic nitrogens is 5. The molecule has 5 rings (SSSR count). The molecule has 0 fully saturated rings. The summed E-state index contributed by atoms with van der Waals surface area (Å²) in [7, 11) is 0. The number of imidazole rings is 1. The minimum atomic E-state index is -0.530. The molecule has 5 aromatic rings. The summed E-state index contributed by atoms with van der Waals surface area (Å²) < 4.78 is 5.21. The van der Waals surface area contributed by atoms with Gasteiger partial charge in [0.1, 0.15) is 24.5 Å². The van der Waals surface area contributed by atoms with Crippen LogP contribution in [-0.2, 0) is 22.7 Å². The number of hydrogen-bond acceptors (Lipinski definition) is 7. The predicted molar refractivity (Wildman–Crippen MR) is 148 cm³/mol. The molecule has 0 aliphatic rings. The zero-order valence-electron chi connectivity index (χ0n) is 21.7. The van der Waals surface area contributed by atoms with E-state index in [1.807, 2.05) is 60.9 Å². The van der Waals surface area contributed by atoms with Crippen molar-refractivity contribution in [1.82, 2.24) is 35.8 Å². The van der Waals surface area contributed by atoms with E-state index in [0.29, 0.717) is 11.5 Å². The SMILES string of the molecule is CCNCc1cncc(-c2ccc3[nH]nc(-c4ncc(C(=O)NCC(=O)OCc5ccccc5)[nH]4)c3c2)c1C. The van der Waals surface area contributed by atoms with Crippen LogP contribution >= 0.6 is 0 Å². The average Bonchev–Trinajstić information content (AvgIpc) is 3.62. The van der Waals surface area contributed by atoms with Crippen molar-refractivity contribution in [3.05, 3.63) is 89.5 Å². The maximum absolute atomic E-state index is 12.6. The molecular weight excluding hydrogens is 494 g/mol. The van der Waals surface area contributed by atoms with Gasteiger partial charge >= 0.3 is 5.97 Å². The van der Waals surface area contributed by atoms with Crippen LogP contribution in [0.2, 0.25) is 0 Å². The highest BCUT2D eigenvalue weighted by molar-refractivity contribution is 5.97. The monoisotopic (exact) mass is 523 g/mol. The van der Waals surface area contributed by atoms with E-state index in [0.717, 1.165) is 51.8 Å². The first-order valence-corrected chi connectivity index (χ1v) is 12.7. The molecule has 0 spiro atoms. The second-order valence-electron chi connectivity index (χ2n) is 9.06. The van der Waals surface area contributed by atoms with Gasteiger partial charge in [-0.15, -0.1) is 0 Å². The maximum atomic E-state index is 12.6. The molecule has 198 valence electrons. The average molecular weight is 524 g/mol. The molecule has 1 amide bonds. The summed E-state index contributed by atoms with van der Waals surface area (Å²) in [5.41, 5.74) is 6.86. The summed E-state index contributed by atoms with van der Waals surface area (Å²) >= 11 is 0. The van der Waals surface area contributed by atoms with E-state index in [9.17, 15) is 9.59 Å². The molecule has 0 unspecified atom stereocenters. The molecule has 0 saturated carbocycles. The van der Waals surface area contributed by atoms with E-state index >= 15 is 0 Å². The van der Waals surface area contributed by atoms with E-state index in [4.69, 9.17) is 4.74 Å². The lowest BCUT2D eigenvalue weighted by Crippen LogP contribution is -2.30. The molecule has 3 aromatic heterocycles. The van der Waals surface area contributed by atoms with Crippen LogP contribution in [0.5, 0.6) is 0 Å². The van der Waals surface area contributed by atoms with Gasteiger partial charge in [0.05, 0.1) is 11.7 Å². The highest BCUT2D eigenvalue weighted by atomic mass is 16.5. The second kappa shape index (κ2) is 11.7. The Morgan fingerprint density at radius 3 is 2.72 bits per heavy atom. The summed E-state index contributed by atoms with van der Waals surface area (Å²) in [5.74, 6) is -0.562. The van der Waals surface area contributed by atoms with Gasteiger partial charge in [0, 0.05) is 29.9 Å². The van der Waals surface area contributed by atoms with Crippen LogP contribution in [0.15, 0.2) is 67.1 Å². The normalized spacial score (nSPS) is 11.0. The Balaban J connectivity index is 1.29. The van der Waals surface area contributed by atoms with E-state index < -0.39 is 11.9 Å². The predicted octanol–water partition coefficient (Wildman–Crippen LogP) is 3.91. The Kier molecular flexibility index (Phi) is 7.74. The van der Waals surface area contributed by atoms with Crippen LogP contribution in [0.1, 0.15) is 34.1 Å². The molecule has 0 radical (unpaired) electrons. The number of fused-ring (bicyclic) bond motifs is 1. The number of nitrogens with zero attached hydrogens (tertiary/aromatic N) is 3. The lowest BCUT2D eigenvalue weighted by Gasteiger charge is -2.11. The van der Waals surface area contributed by atoms with Crippen molar-refractivity contribution >= 4 is 22.8 Å². The molecule has 0 saturated heterocycles. The van der Waals surface area contributed by atoms with Gasteiger partial charge in [-0.25, -0.2) is 4.98 Å². The van der Waals surface area contributed by atoms with Crippen molar-refractivity contribution in [1.29, 1.82) is 0 Å². The first-order valence-electron chi connectivity index (χ1n) is 12.7. The number of esters is 1. The first kappa shape index (κ1) is 25.8. The number of amides is 1. The Bertz CT molecular complexity index is 1610. The number of pyridine rings is 1. The summed E-state index contributed by atoms with van der Waals surface area (Å²) in [5, 5.41) is 14.2. The van der Waals surface area contributed by atoms with Crippen LogP contribution in [0.25, 0.3) is 33.5 Å². The fraction of sp³-hybridized carbons (Fsp3) is 0.207. The van der Waals surface area contributed by atoms with Crippen molar-refractivity contribution in [2.45, 2.75) is 27.0 Å². The third-order valence-electron chi connectivity index (χ3n) is 6.44. The molecule has 10 nitrogen and oxygen atoms in total. The van der Waals surface area contributed by atoms with Crippen LogP contribution in [0, 0.1) is 6.92 Å². The number of aromatic amines is 2. The minimum Gasteiger partial charge on any atom is -0.460 e. The Hall–Kier alpha value is -4.83. The molecule has 10 heteroatoms. The molecule has 3 heterocycles. The number of H-pyrrole nitrogens is 2. The lowest BCUT2D eigenvalue weighted by molar-refractivity contribution is -0.143.